The summed E-state index contributed by atoms with van der Waals surface area (Å²) in [4.78, 5) is 27.5. The summed E-state index contributed by atoms with van der Waals surface area (Å²) in [5, 5.41) is 11.4. The van der Waals surface area contributed by atoms with Gasteiger partial charge in [0.25, 0.3) is 5.91 Å². The normalized spacial score (nSPS) is 18.1. The van der Waals surface area contributed by atoms with Crippen LogP contribution in [0.4, 0.5) is 0 Å². The van der Waals surface area contributed by atoms with Gasteiger partial charge in [0.15, 0.2) is 0 Å². The van der Waals surface area contributed by atoms with Gasteiger partial charge in [-0.1, -0.05) is 11.6 Å². The fourth-order valence-corrected chi connectivity index (χ4v) is 3.43. The van der Waals surface area contributed by atoms with E-state index in [4.69, 9.17) is 16.7 Å². The topological polar surface area (TPSA) is 60.9 Å². The van der Waals surface area contributed by atoms with Gasteiger partial charge in [-0.15, -0.1) is 11.3 Å². The molecule has 110 valence electrons. The molecule has 1 saturated heterocycles. The number of carbonyl (C=O) groups is 2. The maximum Gasteiger partial charge on any atom is 0.320 e. The standard InChI is InChI=1S/C13H17ClN2O3S/c1-8-7-20-11(10(8)14)12(17)16-5-3-15(4-6-16)9(2)13(18)19/h7,9H,3-6H2,1-2H3,(H,18,19). The lowest BCUT2D eigenvalue weighted by Crippen LogP contribution is -2.53. The van der Waals surface area contributed by atoms with Gasteiger partial charge in [0.05, 0.1) is 5.02 Å². The number of carboxylic acid groups (broad SMARTS) is 1. The van der Waals surface area contributed by atoms with E-state index in [1.54, 1.807) is 11.8 Å². The second kappa shape index (κ2) is 6.11. The van der Waals surface area contributed by atoms with E-state index in [1.165, 1.54) is 11.3 Å². The van der Waals surface area contributed by atoms with E-state index in [1.807, 2.05) is 17.2 Å². The zero-order chi connectivity index (χ0) is 14.9. The number of hydrogen-bond acceptors (Lipinski definition) is 4. The number of hydrogen-bond donors (Lipinski definition) is 1. The number of halogens is 1. The lowest BCUT2D eigenvalue weighted by atomic mass is 10.2. The van der Waals surface area contributed by atoms with Gasteiger partial charge in [-0.05, 0) is 24.8 Å². The Bertz CT molecular complexity index is 524. The number of amides is 1. The second-order valence-corrected chi connectivity index (χ2v) is 6.16. The van der Waals surface area contributed by atoms with Crippen LogP contribution in [0, 0.1) is 6.92 Å². The highest BCUT2D eigenvalue weighted by Crippen LogP contribution is 2.28. The van der Waals surface area contributed by atoms with Crippen molar-refractivity contribution in [2.75, 3.05) is 26.2 Å². The zero-order valence-corrected chi connectivity index (χ0v) is 13.0. The summed E-state index contributed by atoms with van der Waals surface area (Å²) in [6.45, 7) is 5.75. The van der Waals surface area contributed by atoms with E-state index >= 15 is 0 Å². The minimum Gasteiger partial charge on any atom is -0.480 e. The molecule has 0 bridgehead atoms. The Kier molecular flexibility index (Phi) is 4.67. The highest BCUT2D eigenvalue weighted by molar-refractivity contribution is 7.13. The fraction of sp³-hybridized carbons (Fsp3) is 0.538. The van der Waals surface area contributed by atoms with Crippen molar-refractivity contribution < 1.29 is 14.7 Å². The fourth-order valence-electron chi connectivity index (χ4n) is 2.19. The van der Waals surface area contributed by atoms with Gasteiger partial charge < -0.3 is 10.0 Å². The highest BCUT2D eigenvalue weighted by Gasteiger charge is 2.29. The number of aliphatic carboxylic acids is 1. The summed E-state index contributed by atoms with van der Waals surface area (Å²) in [6, 6.07) is -0.514. The molecule has 0 saturated carbocycles. The summed E-state index contributed by atoms with van der Waals surface area (Å²) in [6.07, 6.45) is 0. The van der Waals surface area contributed by atoms with Crippen LogP contribution in [0.5, 0.6) is 0 Å². The Labute approximate surface area is 126 Å². The number of rotatable bonds is 3. The smallest absolute Gasteiger partial charge is 0.320 e. The molecular formula is C13H17ClN2O3S. The molecule has 1 aliphatic rings. The van der Waals surface area contributed by atoms with Crippen LogP contribution in [0.25, 0.3) is 0 Å². The molecule has 1 N–H and O–H groups in total. The Balaban J connectivity index is 1.99. The molecule has 1 aromatic heterocycles. The van der Waals surface area contributed by atoms with E-state index in [0.717, 1.165) is 5.56 Å². The van der Waals surface area contributed by atoms with E-state index in [0.29, 0.717) is 36.1 Å². The summed E-state index contributed by atoms with van der Waals surface area (Å²) in [5.41, 5.74) is 0.915. The van der Waals surface area contributed by atoms with Crippen molar-refractivity contribution in [2.24, 2.45) is 0 Å². The van der Waals surface area contributed by atoms with Crippen molar-refractivity contribution in [1.29, 1.82) is 0 Å². The molecule has 0 radical (unpaired) electrons. The number of thiophene rings is 1. The molecule has 5 nitrogen and oxygen atoms in total. The van der Waals surface area contributed by atoms with E-state index < -0.39 is 12.0 Å². The van der Waals surface area contributed by atoms with Crippen molar-refractivity contribution in [1.82, 2.24) is 9.80 Å². The molecular weight excluding hydrogens is 300 g/mol. The van der Waals surface area contributed by atoms with Gasteiger partial charge in [0, 0.05) is 26.2 Å². The first-order valence-corrected chi connectivity index (χ1v) is 7.67. The third-order valence-corrected chi connectivity index (χ3v) is 5.28. The number of carboxylic acids is 1. The molecule has 0 aliphatic carbocycles. The molecule has 2 heterocycles. The third kappa shape index (κ3) is 2.97. The van der Waals surface area contributed by atoms with Crippen molar-refractivity contribution in [3.05, 3.63) is 20.8 Å². The van der Waals surface area contributed by atoms with Gasteiger partial charge >= 0.3 is 5.97 Å². The predicted octanol–water partition coefficient (Wildman–Crippen LogP) is 1.94. The largest absolute Gasteiger partial charge is 0.480 e. The first-order valence-electron chi connectivity index (χ1n) is 6.41. The van der Waals surface area contributed by atoms with Crippen molar-refractivity contribution in [3.63, 3.8) is 0 Å². The average molecular weight is 317 g/mol. The van der Waals surface area contributed by atoms with E-state index in [-0.39, 0.29) is 5.91 Å². The monoisotopic (exact) mass is 316 g/mol. The molecule has 1 fully saturated rings. The van der Waals surface area contributed by atoms with Gasteiger partial charge in [0.2, 0.25) is 0 Å². The van der Waals surface area contributed by atoms with Crippen LogP contribution < -0.4 is 0 Å². The first kappa shape index (κ1) is 15.3. The molecule has 7 heteroatoms. The first-order chi connectivity index (χ1) is 9.41. The molecule has 2 rings (SSSR count). The highest BCUT2D eigenvalue weighted by atomic mass is 35.5. The van der Waals surface area contributed by atoms with Crippen molar-refractivity contribution in [2.45, 2.75) is 19.9 Å². The summed E-state index contributed by atoms with van der Waals surface area (Å²) in [7, 11) is 0. The molecule has 0 aromatic carbocycles. The molecule has 1 unspecified atom stereocenters. The number of nitrogens with zero attached hydrogens (tertiary/aromatic N) is 2. The molecule has 1 aliphatic heterocycles. The van der Waals surface area contributed by atoms with Crippen LogP contribution in [0.15, 0.2) is 5.38 Å². The average Bonchev–Trinajstić information content (AvgIpc) is 2.77. The molecule has 20 heavy (non-hydrogen) atoms. The molecule has 1 amide bonds. The van der Waals surface area contributed by atoms with E-state index in [2.05, 4.69) is 0 Å². The lowest BCUT2D eigenvalue weighted by Gasteiger charge is -2.36. The summed E-state index contributed by atoms with van der Waals surface area (Å²) in [5.74, 6) is -0.891. The zero-order valence-electron chi connectivity index (χ0n) is 11.4. The van der Waals surface area contributed by atoms with Crippen molar-refractivity contribution >= 4 is 34.8 Å². The van der Waals surface area contributed by atoms with Gasteiger partial charge in [0.1, 0.15) is 10.9 Å². The van der Waals surface area contributed by atoms with Crippen LogP contribution in [0.1, 0.15) is 22.2 Å². The van der Waals surface area contributed by atoms with Gasteiger partial charge in [-0.2, -0.15) is 0 Å². The Morgan fingerprint density at radius 2 is 1.95 bits per heavy atom. The van der Waals surface area contributed by atoms with Gasteiger partial charge in [-0.25, -0.2) is 0 Å². The second-order valence-electron chi connectivity index (χ2n) is 4.90. The van der Waals surface area contributed by atoms with Crippen LogP contribution in [0.2, 0.25) is 5.02 Å². The van der Waals surface area contributed by atoms with E-state index in [9.17, 15) is 9.59 Å². The molecule has 0 spiro atoms. The van der Waals surface area contributed by atoms with Crippen LogP contribution >= 0.6 is 22.9 Å². The molecule has 1 aromatic rings. The Morgan fingerprint density at radius 1 is 1.35 bits per heavy atom. The molecule has 1 atom stereocenters. The summed E-state index contributed by atoms with van der Waals surface area (Å²) >= 11 is 7.48. The number of carbonyl (C=O) groups excluding carboxylic acids is 1. The van der Waals surface area contributed by atoms with Crippen LogP contribution in [-0.2, 0) is 4.79 Å². The third-order valence-electron chi connectivity index (χ3n) is 3.60. The minimum atomic E-state index is -0.832. The van der Waals surface area contributed by atoms with Crippen LogP contribution in [0.3, 0.4) is 0 Å². The Morgan fingerprint density at radius 3 is 2.40 bits per heavy atom. The Hall–Kier alpha value is -1.11. The maximum atomic E-state index is 12.4. The SMILES string of the molecule is Cc1csc(C(=O)N2CCN(C(C)C(=O)O)CC2)c1Cl. The minimum absolute atomic E-state index is 0.0595. The number of piperazine rings is 1. The maximum absolute atomic E-state index is 12.4. The summed E-state index contributed by atoms with van der Waals surface area (Å²) < 4.78 is 0. The van der Waals surface area contributed by atoms with Crippen molar-refractivity contribution in [3.8, 4) is 0 Å². The predicted molar refractivity (Wildman–Crippen MR) is 78.6 cm³/mol. The lowest BCUT2D eigenvalue weighted by molar-refractivity contribution is -0.143. The quantitative estimate of drug-likeness (QED) is 0.926. The van der Waals surface area contributed by atoms with Crippen LogP contribution in [-0.4, -0.2) is 59.0 Å². The number of aryl methyl sites for hydroxylation is 1. The van der Waals surface area contributed by atoms with Gasteiger partial charge in [-0.3, -0.25) is 14.5 Å².